The highest BCUT2D eigenvalue weighted by Crippen LogP contribution is 2.28. The summed E-state index contributed by atoms with van der Waals surface area (Å²) in [5.74, 6) is -2.05. The maximum Gasteiger partial charge on any atom is 0.335 e. The number of ether oxygens (including phenoxy) is 1. The second-order valence-corrected chi connectivity index (χ2v) is 4.95. The molecular formula is C16H14N2O6. The average molecular weight is 330 g/mol. The van der Waals surface area contributed by atoms with Gasteiger partial charge in [0.05, 0.1) is 10.5 Å². The Balaban J connectivity index is 2.08. The highest BCUT2D eigenvalue weighted by molar-refractivity contribution is 5.92. The van der Waals surface area contributed by atoms with E-state index in [1.807, 2.05) is 19.1 Å². The van der Waals surface area contributed by atoms with Crippen LogP contribution in [0.4, 0.5) is 11.4 Å². The van der Waals surface area contributed by atoms with Crippen LogP contribution in [-0.4, -0.2) is 28.5 Å². The first-order chi connectivity index (χ1) is 11.4. The monoisotopic (exact) mass is 330 g/mol. The van der Waals surface area contributed by atoms with Gasteiger partial charge in [-0.1, -0.05) is 17.7 Å². The molecule has 0 aliphatic carbocycles. The van der Waals surface area contributed by atoms with Crippen molar-refractivity contribution in [1.82, 2.24) is 0 Å². The summed E-state index contributed by atoms with van der Waals surface area (Å²) in [6, 6.07) is 10.2. The second kappa shape index (κ2) is 7.23. The van der Waals surface area contributed by atoms with Crippen LogP contribution in [0.25, 0.3) is 0 Å². The van der Waals surface area contributed by atoms with Crippen LogP contribution in [0.1, 0.15) is 15.9 Å². The van der Waals surface area contributed by atoms with Gasteiger partial charge in [0, 0.05) is 17.8 Å². The van der Waals surface area contributed by atoms with Gasteiger partial charge in [0.15, 0.2) is 12.4 Å². The number of carboxylic acid groups (broad SMARTS) is 1. The Bertz CT molecular complexity index is 786. The molecule has 0 radical (unpaired) electrons. The summed E-state index contributed by atoms with van der Waals surface area (Å²) in [4.78, 5) is 33.0. The zero-order chi connectivity index (χ0) is 17.7. The fourth-order valence-corrected chi connectivity index (χ4v) is 1.89. The lowest BCUT2D eigenvalue weighted by molar-refractivity contribution is -0.385. The molecule has 2 aromatic carbocycles. The van der Waals surface area contributed by atoms with Crippen LogP contribution in [-0.2, 0) is 4.79 Å². The summed E-state index contributed by atoms with van der Waals surface area (Å²) in [5, 5.41) is 22.5. The zero-order valence-electron chi connectivity index (χ0n) is 12.7. The fraction of sp³-hybridized carbons (Fsp3) is 0.125. The van der Waals surface area contributed by atoms with Crippen molar-refractivity contribution >= 4 is 23.3 Å². The van der Waals surface area contributed by atoms with E-state index in [9.17, 15) is 19.7 Å². The van der Waals surface area contributed by atoms with E-state index in [1.165, 1.54) is 0 Å². The van der Waals surface area contributed by atoms with Crippen molar-refractivity contribution in [2.75, 3.05) is 11.9 Å². The first-order valence-electron chi connectivity index (χ1n) is 6.88. The van der Waals surface area contributed by atoms with Gasteiger partial charge in [-0.25, -0.2) is 4.79 Å². The van der Waals surface area contributed by atoms with Gasteiger partial charge in [-0.2, -0.15) is 0 Å². The number of carbonyl (C=O) groups is 2. The predicted molar refractivity (Wildman–Crippen MR) is 85.4 cm³/mol. The van der Waals surface area contributed by atoms with Gasteiger partial charge in [0.1, 0.15) is 0 Å². The number of nitro benzene ring substituents is 1. The molecule has 2 N–H and O–H groups in total. The molecule has 0 saturated heterocycles. The predicted octanol–water partition coefficient (Wildman–Crippen LogP) is 2.62. The summed E-state index contributed by atoms with van der Waals surface area (Å²) in [5.41, 5.74) is 1.01. The largest absolute Gasteiger partial charge is 0.478 e. The number of hydrogen-bond acceptors (Lipinski definition) is 5. The molecule has 0 bridgehead atoms. The van der Waals surface area contributed by atoms with Crippen LogP contribution in [0.5, 0.6) is 5.75 Å². The molecule has 0 aliphatic rings. The summed E-state index contributed by atoms with van der Waals surface area (Å²) < 4.78 is 5.13. The molecule has 0 unspecified atom stereocenters. The number of nitrogens with zero attached hydrogens (tertiary/aromatic N) is 1. The van der Waals surface area contributed by atoms with E-state index >= 15 is 0 Å². The topological polar surface area (TPSA) is 119 Å². The van der Waals surface area contributed by atoms with Crippen molar-refractivity contribution in [3.05, 3.63) is 63.7 Å². The van der Waals surface area contributed by atoms with Crippen molar-refractivity contribution in [1.29, 1.82) is 0 Å². The van der Waals surface area contributed by atoms with Gasteiger partial charge in [-0.05, 0) is 25.1 Å². The lowest BCUT2D eigenvalue weighted by Crippen LogP contribution is -2.20. The lowest BCUT2D eigenvalue weighted by Gasteiger charge is -2.08. The highest BCUT2D eigenvalue weighted by Gasteiger charge is 2.19. The number of carbonyl (C=O) groups excluding carboxylic acids is 1. The van der Waals surface area contributed by atoms with Gasteiger partial charge in [-0.3, -0.25) is 14.9 Å². The number of nitro groups is 1. The van der Waals surface area contributed by atoms with Gasteiger partial charge < -0.3 is 15.2 Å². The Hall–Kier alpha value is -3.42. The molecule has 2 aromatic rings. The van der Waals surface area contributed by atoms with E-state index < -0.39 is 29.1 Å². The van der Waals surface area contributed by atoms with E-state index in [0.29, 0.717) is 5.69 Å². The van der Waals surface area contributed by atoms with E-state index in [1.54, 1.807) is 12.1 Å². The summed E-state index contributed by atoms with van der Waals surface area (Å²) in [6.07, 6.45) is 0. The maximum atomic E-state index is 11.8. The number of carboxylic acids is 1. The van der Waals surface area contributed by atoms with Crippen molar-refractivity contribution in [2.45, 2.75) is 6.92 Å². The molecule has 124 valence electrons. The Labute approximate surface area is 136 Å². The number of hydrogen-bond donors (Lipinski definition) is 2. The van der Waals surface area contributed by atoms with Crippen LogP contribution in [0.2, 0.25) is 0 Å². The molecular weight excluding hydrogens is 316 g/mol. The average Bonchev–Trinajstić information content (AvgIpc) is 2.54. The number of aromatic carboxylic acids is 1. The van der Waals surface area contributed by atoms with Crippen LogP contribution in [0.3, 0.4) is 0 Å². The summed E-state index contributed by atoms with van der Waals surface area (Å²) >= 11 is 0. The third-order valence-electron chi connectivity index (χ3n) is 3.10. The number of rotatable bonds is 6. The second-order valence-electron chi connectivity index (χ2n) is 4.95. The summed E-state index contributed by atoms with van der Waals surface area (Å²) in [6.45, 7) is 1.42. The normalized spacial score (nSPS) is 10.0. The molecule has 2 rings (SSSR count). The third kappa shape index (κ3) is 4.29. The van der Waals surface area contributed by atoms with Gasteiger partial charge in [-0.15, -0.1) is 0 Å². The molecule has 0 spiro atoms. The van der Waals surface area contributed by atoms with Gasteiger partial charge in [0.25, 0.3) is 5.91 Å². The molecule has 1 amide bonds. The Morgan fingerprint density at radius 2 is 1.88 bits per heavy atom. The van der Waals surface area contributed by atoms with Crippen molar-refractivity contribution in [2.24, 2.45) is 0 Å². The van der Waals surface area contributed by atoms with Crippen LogP contribution in [0.15, 0.2) is 42.5 Å². The minimum atomic E-state index is -1.25. The van der Waals surface area contributed by atoms with Crippen LogP contribution >= 0.6 is 0 Å². The maximum absolute atomic E-state index is 11.8. The van der Waals surface area contributed by atoms with Gasteiger partial charge >= 0.3 is 11.7 Å². The number of anilines is 1. The van der Waals surface area contributed by atoms with Crippen LogP contribution < -0.4 is 10.1 Å². The number of amides is 1. The molecule has 0 aliphatic heterocycles. The highest BCUT2D eigenvalue weighted by atomic mass is 16.6. The molecule has 0 heterocycles. The van der Waals surface area contributed by atoms with E-state index in [4.69, 9.17) is 9.84 Å². The first-order valence-corrected chi connectivity index (χ1v) is 6.88. The Kier molecular flexibility index (Phi) is 5.10. The summed E-state index contributed by atoms with van der Waals surface area (Å²) in [7, 11) is 0. The number of benzene rings is 2. The zero-order valence-corrected chi connectivity index (χ0v) is 12.7. The lowest BCUT2D eigenvalue weighted by atomic mass is 10.2. The molecule has 0 aromatic heterocycles. The number of nitrogens with one attached hydrogen (secondary N) is 1. The van der Waals surface area contributed by atoms with Gasteiger partial charge in [0.2, 0.25) is 0 Å². The van der Waals surface area contributed by atoms with Crippen molar-refractivity contribution in [3.63, 3.8) is 0 Å². The minimum Gasteiger partial charge on any atom is -0.478 e. The van der Waals surface area contributed by atoms with E-state index in [0.717, 1.165) is 23.8 Å². The molecule has 0 saturated carbocycles. The fourth-order valence-electron chi connectivity index (χ4n) is 1.89. The first kappa shape index (κ1) is 16.9. The Morgan fingerprint density at radius 3 is 2.46 bits per heavy atom. The standard InChI is InChI=1S/C16H14N2O6/c1-10-2-5-12(6-3-10)17-15(19)9-24-14-8-11(16(20)21)4-7-13(14)18(22)23/h2-8H,9H2,1H3,(H,17,19)(H,20,21). The smallest absolute Gasteiger partial charge is 0.335 e. The van der Waals surface area contributed by atoms with Crippen molar-refractivity contribution < 1.29 is 24.4 Å². The molecule has 8 nitrogen and oxygen atoms in total. The quantitative estimate of drug-likeness (QED) is 0.621. The molecule has 8 heteroatoms. The molecule has 24 heavy (non-hydrogen) atoms. The number of aryl methyl sites for hydroxylation is 1. The van der Waals surface area contributed by atoms with E-state index in [-0.39, 0.29) is 11.3 Å². The minimum absolute atomic E-state index is 0.172. The van der Waals surface area contributed by atoms with Crippen LogP contribution in [0, 0.1) is 17.0 Å². The Morgan fingerprint density at radius 1 is 1.21 bits per heavy atom. The van der Waals surface area contributed by atoms with E-state index in [2.05, 4.69) is 5.32 Å². The molecule has 0 atom stereocenters. The molecule has 0 fully saturated rings. The third-order valence-corrected chi connectivity index (χ3v) is 3.10. The SMILES string of the molecule is Cc1ccc(NC(=O)COc2cc(C(=O)O)ccc2[N+](=O)[O-])cc1. The van der Waals surface area contributed by atoms with Crippen molar-refractivity contribution in [3.8, 4) is 5.75 Å².